The van der Waals surface area contributed by atoms with Gasteiger partial charge < -0.3 is 5.32 Å². The highest BCUT2D eigenvalue weighted by Gasteiger charge is 2.16. The van der Waals surface area contributed by atoms with Crippen molar-refractivity contribution in [2.24, 2.45) is 0 Å². The molecule has 1 aliphatic carbocycles. The van der Waals surface area contributed by atoms with Gasteiger partial charge in [0.05, 0.1) is 5.69 Å². The Bertz CT molecular complexity index is 502. The van der Waals surface area contributed by atoms with Gasteiger partial charge in [-0.1, -0.05) is 12.8 Å². The van der Waals surface area contributed by atoms with Crippen molar-refractivity contribution in [2.75, 3.05) is 6.26 Å². The monoisotopic (exact) mass is 288 g/mol. The number of hydrogen-bond acceptors (Lipinski definition) is 5. The minimum Gasteiger partial charge on any atom is -0.309 e. The van der Waals surface area contributed by atoms with Gasteiger partial charge in [-0.25, -0.2) is 13.4 Å². The fourth-order valence-corrected chi connectivity index (χ4v) is 4.51. The van der Waals surface area contributed by atoms with Crippen LogP contribution in [-0.2, 0) is 22.1 Å². The first kappa shape index (κ1) is 14.0. The molecule has 0 spiro atoms. The molecule has 6 heteroatoms. The molecule has 1 aromatic heterocycles. The fraction of sp³-hybridized carbons (Fsp3) is 0.750. The molecule has 0 bridgehead atoms. The smallest absolute Gasteiger partial charge is 0.153 e. The summed E-state index contributed by atoms with van der Waals surface area (Å²) in [7, 11) is -2.98. The molecule has 0 aliphatic heterocycles. The zero-order valence-electron chi connectivity index (χ0n) is 10.9. The minimum absolute atomic E-state index is 0.0575. The molecule has 1 heterocycles. The maximum absolute atomic E-state index is 11.2. The third-order valence-corrected chi connectivity index (χ3v) is 5.37. The van der Waals surface area contributed by atoms with Gasteiger partial charge in [0.2, 0.25) is 0 Å². The van der Waals surface area contributed by atoms with Crippen LogP contribution in [0.1, 0.15) is 41.3 Å². The van der Waals surface area contributed by atoms with Gasteiger partial charge in [0.1, 0.15) is 10.8 Å². The first-order valence-electron chi connectivity index (χ1n) is 6.30. The van der Waals surface area contributed by atoms with Gasteiger partial charge in [-0.05, 0) is 19.8 Å². The summed E-state index contributed by atoms with van der Waals surface area (Å²) >= 11 is 1.52. The van der Waals surface area contributed by atoms with E-state index in [2.05, 4.69) is 10.3 Å². The molecular weight excluding hydrogens is 268 g/mol. The van der Waals surface area contributed by atoms with E-state index in [-0.39, 0.29) is 5.75 Å². The molecule has 1 aliphatic rings. The third-order valence-electron chi connectivity index (χ3n) is 3.23. The highest BCUT2D eigenvalue weighted by Crippen LogP contribution is 2.22. The van der Waals surface area contributed by atoms with Crippen molar-refractivity contribution in [3.8, 4) is 0 Å². The third kappa shape index (κ3) is 4.03. The number of aryl methyl sites for hydroxylation is 1. The molecule has 4 nitrogen and oxygen atoms in total. The number of sulfone groups is 1. The van der Waals surface area contributed by atoms with E-state index in [0.717, 1.165) is 12.2 Å². The van der Waals surface area contributed by atoms with Gasteiger partial charge in [0.25, 0.3) is 0 Å². The van der Waals surface area contributed by atoms with Crippen molar-refractivity contribution in [1.82, 2.24) is 10.3 Å². The van der Waals surface area contributed by atoms with Gasteiger partial charge in [-0.15, -0.1) is 11.3 Å². The van der Waals surface area contributed by atoms with Crippen LogP contribution in [0.5, 0.6) is 0 Å². The lowest BCUT2D eigenvalue weighted by atomic mass is 10.2. The first-order chi connectivity index (χ1) is 8.44. The average molecular weight is 288 g/mol. The number of aromatic nitrogens is 1. The molecule has 0 atom stereocenters. The molecule has 18 heavy (non-hydrogen) atoms. The molecule has 2 rings (SSSR count). The summed E-state index contributed by atoms with van der Waals surface area (Å²) in [5.74, 6) is 0.0575. The maximum Gasteiger partial charge on any atom is 0.153 e. The van der Waals surface area contributed by atoms with Gasteiger partial charge >= 0.3 is 0 Å². The van der Waals surface area contributed by atoms with Crippen molar-refractivity contribution in [3.63, 3.8) is 0 Å². The van der Waals surface area contributed by atoms with Crippen molar-refractivity contribution in [3.05, 3.63) is 15.6 Å². The van der Waals surface area contributed by atoms with E-state index in [1.165, 1.54) is 48.2 Å². The molecule has 102 valence electrons. The summed E-state index contributed by atoms with van der Waals surface area (Å²) in [4.78, 5) is 5.51. The van der Waals surface area contributed by atoms with Crippen molar-refractivity contribution in [1.29, 1.82) is 0 Å². The van der Waals surface area contributed by atoms with Crippen LogP contribution >= 0.6 is 11.3 Å². The van der Waals surface area contributed by atoms with Crippen LogP contribution in [0.15, 0.2) is 0 Å². The van der Waals surface area contributed by atoms with Crippen LogP contribution < -0.4 is 5.32 Å². The number of rotatable bonds is 5. The van der Waals surface area contributed by atoms with Crippen LogP contribution in [0.25, 0.3) is 0 Å². The number of thiazole rings is 1. The summed E-state index contributed by atoms with van der Waals surface area (Å²) in [6.07, 6.45) is 6.40. The molecule has 1 N–H and O–H groups in total. The van der Waals surface area contributed by atoms with E-state index in [1.54, 1.807) is 0 Å². The molecule has 0 radical (unpaired) electrons. The van der Waals surface area contributed by atoms with Gasteiger partial charge in [-0.3, -0.25) is 0 Å². The summed E-state index contributed by atoms with van der Waals surface area (Å²) in [5.41, 5.74) is 0.962. The molecule has 0 unspecified atom stereocenters. The molecule has 0 aromatic carbocycles. The second-order valence-electron chi connectivity index (χ2n) is 5.05. The first-order valence-corrected chi connectivity index (χ1v) is 9.18. The largest absolute Gasteiger partial charge is 0.309 e. The van der Waals surface area contributed by atoms with Crippen LogP contribution in [0.3, 0.4) is 0 Å². The molecule has 1 fully saturated rings. The molecule has 1 aromatic rings. The number of nitrogens with one attached hydrogen (secondary N) is 1. The van der Waals surface area contributed by atoms with Crippen molar-refractivity contribution >= 4 is 21.2 Å². The van der Waals surface area contributed by atoms with E-state index in [0.29, 0.717) is 11.0 Å². The molecular formula is C12H20N2O2S2. The number of hydrogen-bond donors (Lipinski definition) is 1. The number of nitrogens with zero attached hydrogens (tertiary/aromatic N) is 1. The van der Waals surface area contributed by atoms with Crippen LogP contribution in [0.2, 0.25) is 0 Å². The Morgan fingerprint density at radius 2 is 2.06 bits per heavy atom. The zero-order chi connectivity index (χ0) is 13.2. The normalized spacial score (nSPS) is 17.4. The topological polar surface area (TPSA) is 59.1 Å². The van der Waals surface area contributed by atoms with E-state index in [4.69, 9.17) is 0 Å². The van der Waals surface area contributed by atoms with Gasteiger partial charge in [0, 0.05) is 23.7 Å². The van der Waals surface area contributed by atoms with E-state index in [1.807, 2.05) is 6.92 Å². The summed E-state index contributed by atoms with van der Waals surface area (Å²) < 4.78 is 22.5. The highest BCUT2D eigenvalue weighted by molar-refractivity contribution is 7.90. The van der Waals surface area contributed by atoms with Crippen molar-refractivity contribution < 1.29 is 8.42 Å². The maximum atomic E-state index is 11.2. The highest BCUT2D eigenvalue weighted by atomic mass is 32.2. The lowest BCUT2D eigenvalue weighted by Crippen LogP contribution is -2.25. The fourth-order valence-electron chi connectivity index (χ4n) is 2.31. The summed E-state index contributed by atoms with van der Waals surface area (Å²) in [6.45, 7) is 2.77. The summed E-state index contributed by atoms with van der Waals surface area (Å²) in [5, 5.41) is 4.24. The Hall–Kier alpha value is -0.460. The van der Waals surface area contributed by atoms with Gasteiger partial charge in [-0.2, -0.15) is 0 Å². The van der Waals surface area contributed by atoms with Crippen LogP contribution in [-0.4, -0.2) is 25.7 Å². The Labute approximate surface area is 113 Å². The Morgan fingerprint density at radius 3 is 2.67 bits per heavy atom. The van der Waals surface area contributed by atoms with Crippen molar-refractivity contribution in [2.45, 2.75) is 50.9 Å². The van der Waals surface area contributed by atoms with Crippen LogP contribution in [0.4, 0.5) is 0 Å². The Balaban J connectivity index is 1.96. The van der Waals surface area contributed by atoms with E-state index >= 15 is 0 Å². The lowest BCUT2D eigenvalue weighted by molar-refractivity contribution is 0.526. The molecule has 0 amide bonds. The minimum atomic E-state index is -2.98. The predicted octanol–water partition coefficient (Wildman–Crippen LogP) is 2.03. The lowest BCUT2D eigenvalue weighted by Gasteiger charge is -2.10. The summed E-state index contributed by atoms with van der Waals surface area (Å²) in [6, 6.07) is 0.629. The van der Waals surface area contributed by atoms with Gasteiger partial charge in [0.15, 0.2) is 9.84 Å². The Kier molecular flexibility index (Phi) is 4.40. The second-order valence-corrected chi connectivity index (χ2v) is 8.36. The van der Waals surface area contributed by atoms with Crippen LogP contribution in [0, 0.1) is 6.92 Å². The Morgan fingerprint density at radius 1 is 1.39 bits per heavy atom. The average Bonchev–Trinajstić information content (AvgIpc) is 2.83. The van der Waals surface area contributed by atoms with E-state index in [9.17, 15) is 8.42 Å². The molecule has 0 saturated heterocycles. The quantitative estimate of drug-likeness (QED) is 0.900. The molecule has 1 saturated carbocycles. The second kappa shape index (κ2) is 5.67. The standard InChI is InChI=1S/C12H20N2O2S2/c1-9-11(7-13-10-5-3-4-6-10)17-12(14-9)8-18(2,15)16/h10,13H,3-8H2,1-2H3. The van der Waals surface area contributed by atoms with E-state index < -0.39 is 9.84 Å². The zero-order valence-corrected chi connectivity index (χ0v) is 12.5. The SMILES string of the molecule is Cc1nc(CS(C)(=O)=O)sc1CNC1CCCC1. The predicted molar refractivity (Wildman–Crippen MR) is 74.5 cm³/mol.